The van der Waals surface area contributed by atoms with E-state index in [2.05, 4.69) is 31.3 Å². The lowest BCUT2D eigenvalue weighted by Gasteiger charge is -2.15. The van der Waals surface area contributed by atoms with Gasteiger partial charge < -0.3 is 5.32 Å². The van der Waals surface area contributed by atoms with Crippen LogP contribution >= 0.6 is 0 Å². The van der Waals surface area contributed by atoms with Crippen molar-refractivity contribution in [1.29, 1.82) is 0 Å². The minimum Gasteiger partial charge on any atom is -0.326 e. The maximum atomic E-state index is 11.6. The lowest BCUT2D eigenvalue weighted by atomic mass is 9.96. The second kappa shape index (κ2) is 8.73. The molecule has 0 fully saturated rings. The van der Waals surface area contributed by atoms with E-state index in [0.717, 1.165) is 24.9 Å². The van der Waals surface area contributed by atoms with Gasteiger partial charge >= 0.3 is 0 Å². The van der Waals surface area contributed by atoms with E-state index in [1.165, 1.54) is 30.4 Å². The first-order valence-electron chi connectivity index (χ1n) is 7.63. The molecule has 0 radical (unpaired) electrons. The summed E-state index contributed by atoms with van der Waals surface area (Å²) in [6.07, 6.45) is 7.53. The quantitative estimate of drug-likeness (QED) is 0.674. The number of rotatable bonds is 8. The maximum absolute atomic E-state index is 11.6. The summed E-state index contributed by atoms with van der Waals surface area (Å²) in [5, 5.41) is 3.05. The molecule has 0 heterocycles. The fourth-order valence-corrected chi connectivity index (χ4v) is 2.34. The first kappa shape index (κ1) is 15.7. The molecule has 1 aromatic rings. The zero-order chi connectivity index (χ0) is 14.1. The monoisotopic (exact) mass is 261 g/mol. The Morgan fingerprint density at radius 3 is 2.47 bits per heavy atom. The van der Waals surface area contributed by atoms with E-state index in [0.29, 0.717) is 6.42 Å². The van der Waals surface area contributed by atoms with Crippen LogP contribution in [0.3, 0.4) is 0 Å². The number of amides is 1. The molecule has 2 nitrogen and oxygen atoms in total. The summed E-state index contributed by atoms with van der Waals surface area (Å²) in [6.45, 7) is 6.31. The highest BCUT2D eigenvalue weighted by Gasteiger charge is 2.09. The number of benzene rings is 1. The van der Waals surface area contributed by atoms with Gasteiger partial charge in [-0.3, -0.25) is 4.79 Å². The highest BCUT2D eigenvalue weighted by atomic mass is 16.1. The Kier molecular flexibility index (Phi) is 7.24. The molecule has 19 heavy (non-hydrogen) atoms. The molecule has 106 valence electrons. The number of hydrogen-bond donors (Lipinski definition) is 1. The van der Waals surface area contributed by atoms with E-state index < -0.39 is 0 Å². The largest absolute Gasteiger partial charge is 0.326 e. The van der Waals surface area contributed by atoms with Crippen LogP contribution in [0.2, 0.25) is 0 Å². The summed E-state index contributed by atoms with van der Waals surface area (Å²) >= 11 is 0. The Morgan fingerprint density at radius 1 is 1.05 bits per heavy atom. The summed E-state index contributed by atoms with van der Waals surface area (Å²) in [5.41, 5.74) is 3.76. The molecule has 0 saturated heterocycles. The highest BCUT2D eigenvalue weighted by Crippen LogP contribution is 2.24. The van der Waals surface area contributed by atoms with Crippen molar-refractivity contribution in [3.05, 3.63) is 29.3 Å². The van der Waals surface area contributed by atoms with E-state index in [9.17, 15) is 4.79 Å². The zero-order valence-electron chi connectivity index (χ0n) is 12.6. The van der Waals surface area contributed by atoms with Crippen LogP contribution in [0.15, 0.2) is 18.2 Å². The lowest BCUT2D eigenvalue weighted by molar-refractivity contribution is -0.115. The van der Waals surface area contributed by atoms with Crippen LogP contribution in [-0.4, -0.2) is 5.91 Å². The standard InChI is InChI=1S/C17H27NO/c1-4-7-8-12-15-14(10-5-2)11-9-13-16(15)18-17(19)6-3/h9,11,13H,4-8,10,12H2,1-3H3,(H,18,19). The van der Waals surface area contributed by atoms with Crippen molar-refractivity contribution in [1.82, 2.24) is 0 Å². The van der Waals surface area contributed by atoms with Gasteiger partial charge in [-0.1, -0.05) is 52.2 Å². The second-order valence-corrected chi connectivity index (χ2v) is 5.05. The maximum Gasteiger partial charge on any atom is 0.224 e. The van der Waals surface area contributed by atoms with Crippen LogP contribution in [0, 0.1) is 0 Å². The number of carbonyl (C=O) groups excluding carboxylic acids is 1. The molecule has 1 N–H and O–H groups in total. The van der Waals surface area contributed by atoms with E-state index in [1.807, 2.05) is 13.0 Å². The van der Waals surface area contributed by atoms with Crippen molar-refractivity contribution in [3.63, 3.8) is 0 Å². The van der Waals surface area contributed by atoms with Crippen LogP contribution in [0.4, 0.5) is 5.69 Å². The SMILES string of the molecule is CCCCCc1c(CCC)cccc1NC(=O)CC. The Hall–Kier alpha value is -1.31. The Balaban J connectivity index is 2.92. The molecule has 0 unspecified atom stereocenters. The minimum atomic E-state index is 0.102. The Labute approximate surface area is 117 Å². The third kappa shape index (κ3) is 5.06. The van der Waals surface area contributed by atoms with Crippen LogP contribution in [0.1, 0.15) is 64.0 Å². The predicted molar refractivity (Wildman–Crippen MR) is 82.6 cm³/mol. The molecule has 0 aliphatic rings. The fraction of sp³-hybridized carbons (Fsp3) is 0.588. The Bertz CT molecular complexity index is 398. The summed E-state index contributed by atoms with van der Waals surface area (Å²) < 4.78 is 0. The second-order valence-electron chi connectivity index (χ2n) is 5.05. The molecule has 2 heteroatoms. The normalized spacial score (nSPS) is 10.5. The van der Waals surface area contributed by atoms with Crippen molar-refractivity contribution in [3.8, 4) is 0 Å². The van der Waals surface area contributed by atoms with Gasteiger partial charge in [-0.15, -0.1) is 0 Å². The number of carbonyl (C=O) groups is 1. The Morgan fingerprint density at radius 2 is 1.84 bits per heavy atom. The first-order valence-corrected chi connectivity index (χ1v) is 7.63. The average molecular weight is 261 g/mol. The van der Waals surface area contributed by atoms with Crippen molar-refractivity contribution < 1.29 is 4.79 Å². The number of anilines is 1. The van der Waals surface area contributed by atoms with E-state index in [1.54, 1.807) is 0 Å². The van der Waals surface area contributed by atoms with Gasteiger partial charge in [-0.25, -0.2) is 0 Å². The molecule has 0 bridgehead atoms. The third-order valence-electron chi connectivity index (χ3n) is 3.42. The van der Waals surface area contributed by atoms with Crippen molar-refractivity contribution in [2.75, 3.05) is 5.32 Å². The van der Waals surface area contributed by atoms with Gasteiger partial charge in [0.25, 0.3) is 0 Å². The molecule has 0 saturated carbocycles. The predicted octanol–water partition coefficient (Wildman–Crippen LogP) is 4.72. The average Bonchev–Trinajstić information content (AvgIpc) is 2.42. The van der Waals surface area contributed by atoms with Gasteiger partial charge in [0.15, 0.2) is 0 Å². The van der Waals surface area contributed by atoms with Crippen molar-refractivity contribution >= 4 is 11.6 Å². The molecule has 0 aromatic heterocycles. The van der Waals surface area contributed by atoms with Crippen LogP contribution in [0.25, 0.3) is 0 Å². The van der Waals surface area contributed by atoms with E-state index in [4.69, 9.17) is 0 Å². The summed E-state index contributed by atoms with van der Waals surface area (Å²) in [6, 6.07) is 6.29. The molecule has 1 rings (SSSR count). The fourth-order valence-electron chi connectivity index (χ4n) is 2.34. The van der Waals surface area contributed by atoms with Gasteiger partial charge in [-0.05, 0) is 36.5 Å². The van der Waals surface area contributed by atoms with Crippen LogP contribution in [-0.2, 0) is 17.6 Å². The van der Waals surface area contributed by atoms with Crippen LogP contribution < -0.4 is 5.32 Å². The smallest absolute Gasteiger partial charge is 0.224 e. The number of hydrogen-bond acceptors (Lipinski definition) is 1. The summed E-state index contributed by atoms with van der Waals surface area (Å²) in [7, 11) is 0. The summed E-state index contributed by atoms with van der Waals surface area (Å²) in [5.74, 6) is 0.102. The van der Waals surface area contributed by atoms with Gasteiger partial charge in [0, 0.05) is 12.1 Å². The molecule has 0 atom stereocenters. The van der Waals surface area contributed by atoms with Crippen molar-refractivity contribution in [2.45, 2.75) is 65.7 Å². The van der Waals surface area contributed by atoms with Gasteiger partial charge in [0.05, 0.1) is 0 Å². The zero-order valence-corrected chi connectivity index (χ0v) is 12.6. The molecule has 1 amide bonds. The van der Waals surface area contributed by atoms with Gasteiger partial charge in [-0.2, -0.15) is 0 Å². The minimum absolute atomic E-state index is 0.102. The number of nitrogens with one attached hydrogen (secondary N) is 1. The number of unbranched alkanes of at least 4 members (excludes halogenated alkanes) is 2. The topological polar surface area (TPSA) is 29.1 Å². The van der Waals surface area contributed by atoms with Gasteiger partial charge in [0.1, 0.15) is 0 Å². The molecular weight excluding hydrogens is 234 g/mol. The van der Waals surface area contributed by atoms with E-state index >= 15 is 0 Å². The first-order chi connectivity index (χ1) is 9.22. The summed E-state index contributed by atoms with van der Waals surface area (Å²) in [4.78, 5) is 11.6. The van der Waals surface area contributed by atoms with Gasteiger partial charge in [0.2, 0.25) is 5.91 Å². The van der Waals surface area contributed by atoms with E-state index in [-0.39, 0.29) is 5.91 Å². The highest BCUT2D eigenvalue weighted by molar-refractivity contribution is 5.91. The molecule has 0 spiro atoms. The third-order valence-corrected chi connectivity index (χ3v) is 3.42. The molecule has 0 aliphatic carbocycles. The lowest BCUT2D eigenvalue weighted by Crippen LogP contribution is -2.12. The van der Waals surface area contributed by atoms with Crippen LogP contribution in [0.5, 0.6) is 0 Å². The number of aryl methyl sites for hydroxylation is 1. The van der Waals surface area contributed by atoms with Crippen molar-refractivity contribution in [2.24, 2.45) is 0 Å². The molecular formula is C17H27NO. The molecule has 0 aliphatic heterocycles. The molecule has 1 aromatic carbocycles.